The Balaban J connectivity index is 1.71. The van der Waals surface area contributed by atoms with Gasteiger partial charge in [0, 0.05) is 6.04 Å². The summed E-state index contributed by atoms with van der Waals surface area (Å²) in [4.78, 5) is 0. The normalized spacial score (nSPS) is 30.8. The number of rotatable bonds is 4. The number of hydrogen-bond acceptors (Lipinski definition) is 1. The van der Waals surface area contributed by atoms with Crippen molar-refractivity contribution in [3.8, 4) is 0 Å². The van der Waals surface area contributed by atoms with Crippen LogP contribution in [0.1, 0.15) is 31.2 Å². The summed E-state index contributed by atoms with van der Waals surface area (Å²) < 4.78 is 0. The van der Waals surface area contributed by atoms with E-state index in [-0.39, 0.29) is 0 Å². The molecule has 0 spiro atoms. The first-order chi connectivity index (χ1) is 9.17. The molecule has 2 aliphatic rings. The lowest BCUT2D eigenvalue weighted by molar-refractivity contribution is 0.255. The van der Waals surface area contributed by atoms with E-state index in [1.165, 1.54) is 31.2 Å². The van der Waals surface area contributed by atoms with Gasteiger partial charge in [-0.25, -0.2) is 0 Å². The Hall–Kier alpha value is -0.240. The topological polar surface area (TPSA) is 12.0 Å². The number of nitrogens with one attached hydrogen (secondary N) is 1. The summed E-state index contributed by atoms with van der Waals surface area (Å²) in [6, 6.07) is 6.60. The molecule has 0 aliphatic heterocycles. The van der Waals surface area contributed by atoms with Crippen molar-refractivity contribution in [2.75, 3.05) is 7.05 Å². The Morgan fingerprint density at radius 1 is 1.21 bits per heavy atom. The molecule has 4 unspecified atom stereocenters. The molecule has 1 aromatic rings. The third-order valence-corrected chi connectivity index (χ3v) is 5.86. The van der Waals surface area contributed by atoms with Gasteiger partial charge in [-0.2, -0.15) is 0 Å². The first-order valence-electron chi connectivity index (χ1n) is 7.28. The van der Waals surface area contributed by atoms with Gasteiger partial charge in [-0.05, 0) is 68.2 Å². The van der Waals surface area contributed by atoms with Crippen LogP contribution in [-0.4, -0.2) is 13.1 Å². The van der Waals surface area contributed by atoms with Crippen LogP contribution in [0.4, 0.5) is 0 Å². The van der Waals surface area contributed by atoms with E-state index in [9.17, 15) is 0 Å². The first-order valence-corrected chi connectivity index (χ1v) is 8.04. The van der Waals surface area contributed by atoms with Crippen LogP contribution in [0.3, 0.4) is 0 Å². The van der Waals surface area contributed by atoms with Crippen LogP contribution in [0.5, 0.6) is 0 Å². The van der Waals surface area contributed by atoms with Gasteiger partial charge in [-0.3, -0.25) is 0 Å². The average molecular weight is 298 g/mol. The Kier molecular flexibility index (Phi) is 4.07. The van der Waals surface area contributed by atoms with Crippen LogP contribution in [0, 0.1) is 17.8 Å². The second kappa shape index (κ2) is 5.63. The fourth-order valence-corrected chi connectivity index (χ4v) is 4.50. The summed E-state index contributed by atoms with van der Waals surface area (Å²) in [5, 5.41) is 4.85. The first kappa shape index (κ1) is 13.7. The van der Waals surface area contributed by atoms with Gasteiger partial charge in [-0.15, -0.1) is 0 Å². The Morgan fingerprint density at radius 2 is 2.05 bits per heavy atom. The molecule has 0 saturated heterocycles. The fourth-order valence-electron chi connectivity index (χ4n) is 4.17. The van der Waals surface area contributed by atoms with E-state index in [4.69, 9.17) is 23.2 Å². The van der Waals surface area contributed by atoms with Crippen molar-refractivity contribution in [3.05, 3.63) is 33.8 Å². The van der Waals surface area contributed by atoms with Crippen molar-refractivity contribution in [3.63, 3.8) is 0 Å². The summed E-state index contributed by atoms with van der Waals surface area (Å²) in [7, 11) is 2.09. The average Bonchev–Trinajstić information content (AvgIpc) is 3.02. The van der Waals surface area contributed by atoms with E-state index < -0.39 is 0 Å². The summed E-state index contributed by atoms with van der Waals surface area (Å²) in [5.41, 5.74) is 1.29. The van der Waals surface area contributed by atoms with Gasteiger partial charge in [0.25, 0.3) is 0 Å². The maximum absolute atomic E-state index is 6.11. The van der Waals surface area contributed by atoms with E-state index in [0.717, 1.165) is 24.2 Å². The van der Waals surface area contributed by atoms with E-state index in [1.54, 1.807) is 0 Å². The largest absolute Gasteiger partial charge is 0.316 e. The summed E-state index contributed by atoms with van der Waals surface area (Å²) in [6.07, 6.45) is 6.84. The predicted octanol–water partition coefficient (Wildman–Crippen LogP) is 4.56. The van der Waals surface area contributed by atoms with Gasteiger partial charge in [0.1, 0.15) is 0 Å². The Morgan fingerprint density at radius 3 is 2.63 bits per heavy atom. The lowest BCUT2D eigenvalue weighted by Crippen LogP contribution is -2.38. The lowest BCUT2D eigenvalue weighted by Gasteiger charge is -2.30. The van der Waals surface area contributed by atoms with Crippen molar-refractivity contribution in [1.82, 2.24) is 5.32 Å². The molecule has 2 saturated carbocycles. The zero-order chi connectivity index (χ0) is 13.4. The fraction of sp³-hybridized carbons (Fsp3) is 0.625. The quantitative estimate of drug-likeness (QED) is 0.859. The minimum atomic E-state index is 0.576. The minimum absolute atomic E-state index is 0.576. The SMILES string of the molecule is CNC(Cc1ccc(Cl)c(Cl)c1)C1CC2CCC1C2. The Labute approximate surface area is 125 Å². The molecule has 0 aromatic heterocycles. The predicted molar refractivity (Wildman–Crippen MR) is 82.0 cm³/mol. The van der Waals surface area contributed by atoms with Crippen molar-refractivity contribution in [1.29, 1.82) is 0 Å². The maximum Gasteiger partial charge on any atom is 0.0595 e. The third kappa shape index (κ3) is 2.79. The van der Waals surface area contributed by atoms with Gasteiger partial charge in [0.05, 0.1) is 10.0 Å². The van der Waals surface area contributed by atoms with Crippen molar-refractivity contribution in [2.24, 2.45) is 17.8 Å². The standard InChI is InChI=1S/C16H21Cl2N/c1-19-16(13-7-10-2-4-12(13)6-10)9-11-3-5-14(17)15(18)8-11/h3,5,8,10,12-13,16,19H,2,4,6-7,9H2,1H3. The zero-order valence-corrected chi connectivity index (χ0v) is 12.8. The van der Waals surface area contributed by atoms with Crippen LogP contribution < -0.4 is 5.32 Å². The molecule has 4 atom stereocenters. The van der Waals surface area contributed by atoms with E-state index in [1.807, 2.05) is 12.1 Å². The third-order valence-electron chi connectivity index (χ3n) is 5.12. The number of hydrogen-bond donors (Lipinski definition) is 1. The molecular formula is C16H21Cl2N. The summed E-state index contributed by atoms with van der Waals surface area (Å²) in [6.45, 7) is 0. The minimum Gasteiger partial charge on any atom is -0.316 e. The molecular weight excluding hydrogens is 277 g/mol. The molecule has 2 bridgehead atoms. The van der Waals surface area contributed by atoms with Gasteiger partial charge in [0.15, 0.2) is 0 Å². The molecule has 0 heterocycles. The van der Waals surface area contributed by atoms with Crippen LogP contribution in [0.25, 0.3) is 0 Å². The molecule has 2 aliphatic carbocycles. The molecule has 3 rings (SSSR count). The molecule has 1 N–H and O–H groups in total. The maximum atomic E-state index is 6.11. The Bertz CT molecular complexity index is 460. The number of fused-ring (bicyclic) bond motifs is 2. The molecule has 1 aromatic carbocycles. The summed E-state index contributed by atoms with van der Waals surface area (Å²) in [5.74, 6) is 2.79. The molecule has 0 amide bonds. The highest BCUT2D eigenvalue weighted by Gasteiger charge is 2.42. The smallest absolute Gasteiger partial charge is 0.0595 e. The highest BCUT2D eigenvalue weighted by atomic mass is 35.5. The number of benzene rings is 1. The zero-order valence-electron chi connectivity index (χ0n) is 11.3. The molecule has 104 valence electrons. The van der Waals surface area contributed by atoms with E-state index >= 15 is 0 Å². The van der Waals surface area contributed by atoms with Gasteiger partial charge < -0.3 is 5.32 Å². The molecule has 3 heteroatoms. The molecule has 0 radical (unpaired) electrons. The highest BCUT2D eigenvalue weighted by Crippen LogP contribution is 2.49. The second-order valence-corrected chi connectivity index (χ2v) is 7.00. The van der Waals surface area contributed by atoms with Crippen LogP contribution >= 0.6 is 23.2 Å². The van der Waals surface area contributed by atoms with Crippen LogP contribution in [0.15, 0.2) is 18.2 Å². The van der Waals surface area contributed by atoms with Crippen molar-refractivity contribution in [2.45, 2.75) is 38.1 Å². The van der Waals surface area contributed by atoms with Crippen LogP contribution in [-0.2, 0) is 6.42 Å². The van der Waals surface area contributed by atoms with E-state index in [0.29, 0.717) is 16.1 Å². The summed E-state index contributed by atoms with van der Waals surface area (Å²) >= 11 is 12.1. The number of likely N-dealkylation sites (N-methyl/N-ethyl adjacent to an activating group) is 1. The molecule has 19 heavy (non-hydrogen) atoms. The van der Waals surface area contributed by atoms with Crippen LogP contribution in [0.2, 0.25) is 10.0 Å². The molecule has 2 fully saturated rings. The van der Waals surface area contributed by atoms with Crippen molar-refractivity contribution >= 4 is 23.2 Å². The van der Waals surface area contributed by atoms with Gasteiger partial charge in [0.2, 0.25) is 0 Å². The van der Waals surface area contributed by atoms with Crippen molar-refractivity contribution < 1.29 is 0 Å². The second-order valence-electron chi connectivity index (χ2n) is 6.19. The monoisotopic (exact) mass is 297 g/mol. The number of halogens is 2. The van der Waals surface area contributed by atoms with E-state index in [2.05, 4.69) is 18.4 Å². The lowest BCUT2D eigenvalue weighted by atomic mass is 9.81. The van der Waals surface area contributed by atoms with Gasteiger partial charge >= 0.3 is 0 Å². The molecule has 1 nitrogen and oxygen atoms in total. The highest BCUT2D eigenvalue weighted by molar-refractivity contribution is 6.42. The van der Waals surface area contributed by atoms with Gasteiger partial charge in [-0.1, -0.05) is 35.7 Å².